The summed E-state index contributed by atoms with van der Waals surface area (Å²) in [6.07, 6.45) is 14.3. The van der Waals surface area contributed by atoms with Gasteiger partial charge in [0.15, 0.2) is 0 Å². The van der Waals surface area contributed by atoms with Crippen LogP contribution in [0.3, 0.4) is 0 Å². The molecule has 0 fully saturated rings. The highest BCUT2D eigenvalue weighted by Gasteiger charge is 2.27. The largest absolute Gasteiger partial charge is 0.0651 e. The van der Waals surface area contributed by atoms with E-state index in [1.54, 1.807) is 44.0 Å². The monoisotopic (exact) mass is 564 g/mol. The van der Waals surface area contributed by atoms with E-state index in [1.165, 1.54) is 93.1 Å². The van der Waals surface area contributed by atoms with Gasteiger partial charge in [-0.3, -0.25) is 0 Å². The molecule has 0 amide bonds. The van der Waals surface area contributed by atoms with Gasteiger partial charge >= 0.3 is 0 Å². The van der Waals surface area contributed by atoms with Crippen LogP contribution in [0.15, 0.2) is 66.7 Å². The second-order valence-corrected chi connectivity index (χ2v) is 13.9. The molecular weight excluding hydrogens is 511 g/mol. The Balaban J connectivity index is 2.13. The van der Waals surface area contributed by atoms with E-state index in [9.17, 15) is 0 Å². The van der Waals surface area contributed by atoms with Crippen molar-refractivity contribution in [1.82, 2.24) is 0 Å². The Morgan fingerprint density at radius 1 is 0.390 bits per heavy atom. The van der Waals surface area contributed by atoms with E-state index in [0.29, 0.717) is 0 Å². The molecular formula is C40H53P. The van der Waals surface area contributed by atoms with Crippen LogP contribution in [0.5, 0.6) is 0 Å². The minimum absolute atomic E-state index is 0.708. The first-order valence-corrected chi connectivity index (χ1v) is 18.0. The van der Waals surface area contributed by atoms with Gasteiger partial charge < -0.3 is 0 Å². The number of hydrogen-bond acceptors (Lipinski definition) is 0. The summed E-state index contributed by atoms with van der Waals surface area (Å²) in [4.78, 5) is 0. The molecule has 4 rings (SSSR count). The first-order chi connectivity index (χ1) is 20.1. The molecule has 0 aliphatic carbocycles. The molecule has 0 saturated carbocycles. The molecule has 0 aliphatic heterocycles. The number of rotatable bonds is 15. The Labute approximate surface area is 252 Å². The molecule has 218 valence electrons. The van der Waals surface area contributed by atoms with Crippen LogP contribution in [0.25, 0.3) is 10.8 Å². The first kappa shape index (κ1) is 31.5. The van der Waals surface area contributed by atoms with Crippen molar-refractivity contribution in [2.24, 2.45) is 0 Å². The van der Waals surface area contributed by atoms with Crippen LogP contribution < -0.4 is 15.9 Å². The fourth-order valence-electron chi connectivity index (χ4n) is 6.86. The van der Waals surface area contributed by atoms with Crippen molar-refractivity contribution in [3.05, 3.63) is 100 Å². The number of aryl methyl sites for hydroxylation is 2. The van der Waals surface area contributed by atoms with Gasteiger partial charge in [-0.1, -0.05) is 147 Å². The van der Waals surface area contributed by atoms with Gasteiger partial charge in [0.1, 0.15) is 0 Å². The minimum Gasteiger partial charge on any atom is -0.0651 e. The predicted molar refractivity (Wildman–Crippen MR) is 187 cm³/mol. The molecule has 4 aromatic rings. The predicted octanol–water partition coefficient (Wildman–Crippen LogP) is 10.3. The number of benzene rings is 4. The van der Waals surface area contributed by atoms with E-state index in [-0.39, 0.29) is 0 Å². The van der Waals surface area contributed by atoms with Crippen LogP contribution in [-0.2, 0) is 38.5 Å². The van der Waals surface area contributed by atoms with Gasteiger partial charge in [0.05, 0.1) is 0 Å². The summed E-state index contributed by atoms with van der Waals surface area (Å²) in [5.74, 6) is 0. The molecule has 0 saturated heterocycles. The van der Waals surface area contributed by atoms with Crippen LogP contribution in [0.1, 0.15) is 113 Å². The Hall–Kier alpha value is -2.43. The van der Waals surface area contributed by atoms with E-state index in [2.05, 4.69) is 108 Å². The van der Waals surface area contributed by atoms with Gasteiger partial charge in [-0.2, -0.15) is 0 Å². The highest BCUT2D eigenvalue weighted by atomic mass is 31.1. The summed E-state index contributed by atoms with van der Waals surface area (Å²) in [7, 11) is -0.708. The third-order valence-corrected chi connectivity index (χ3v) is 11.2. The molecule has 0 N–H and O–H groups in total. The molecule has 0 aromatic heterocycles. The average Bonchev–Trinajstić information content (AvgIpc) is 2.98. The zero-order valence-electron chi connectivity index (χ0n) is 26.8. The summed E-state index contributed by atoms with van der Waals surface area (Å²) in [6.45, 7) is 14.1. The lowest BCUT2D eigenvalue weighted by molar-refractivity contribution is 0.828. The maximum Gasteiger partial charge on any atom is -0.00724 e. The molecule has 0 spiro atoms. The highest BCUT2D eigenvalue weighted by molar-refractivity contribution is 7.80. The van der Waals surface area contributed by atoms with Crippen molar-refractivity contribution in [2.45, 2.75) is 119 Å². The smallest absolute Gasteiger partial charge is 0.00724 e. The highest BCUT2D eigenvalue weighted by Crippen LogP contribution is 2.41. The van der Waals surface area contributed by atoms with Gasteiger partial charge in [0.25, 0.3) is 0 Å². The van der Waals surface area contributed by atoms with E-state index in [0.717, 1.165) is 0 Å². The molecule has 1 heteroatoms. The zero-order chi connectivity index (χ0) is 29.2. The van der Waals surface area contributed by atoms with E-state index >= 15 is 0 Å². The second kappa shape index (κ2) is 15.7. The lowest BCUT2D eigenvalue weighted by atomic mass is 9.92. The molecule has 0 radical (unpaired) electrons. The lowest BCUT2D eigenvalue weighted by Gasteiger charge is -2.30. The van der Waals surface area contributed by atoms with Crippen molar-refractivity contribution >= 4 is 34.6 Å². The van der Waals surface area contributed by atoms with Crippen molar-refractivity contribution in [2.75, 3.05) is 0 Å². The summed E-state index contributed by atoms with van der Waals surface area (Å²) in [5, 5.41) is 7.55. The maximum atomic E-state index is 2.57. The lowest BCUT2D eigenvalue weighted by Crippen LogP contribution is -2.29. The Morgan fingerprint density at radius 2 is 0.829 bits per heavy atom. The van der Waals surface area contributed by atoms with Crippen molar-refractivity contribution < 1.29 is 0 Å². The number of fused-ring (bicyclic) bond motifs is 1. The summed E-state index contributed by atoms with van der Waals surface area (Å²) in [6, 6.07) is 26.3. The zero-order valence-corrected chi connectivity index (χ0v) is 27.7. The normalized spacial score (nSPS) is 11.6. The quantitative estimate of drug-likeness (QED) is 0.126. The topological polar surface area (TPSA) is 0 Å². The first-order valence-electron chi connectivity index (χ1n) is 16.7. The van der Waals surface area contributed by atoms with Crippen LogP contribution in [0, 0.1) is 0 Å². The summed E-state index contributed by atoms with van der Waals surface area (Å²) < 4.78 is 0. The van der Waals surface area contributed by atoms with Crippen LogP contribution in [-0.4, -0.2) is 0 Å². The molecule has 0 aliphatic rings. The SMILES string of the molecule is CCCc1ccc(P(c2ccc(CCC)c(CCC)c2CCC)c2cccc3ccccc23)c(CCC)c1CCC. The van der Waals surface area contributed by atoms with Gasteiger partial charge in [0.2, 0.25) is 0 Å². The van der Waals surface area contributed by atoms with Gasteiger partial charge in [-0.05, 0) is 107 Å². The Bertz CT molecular complexity index is 1340. The van der Waals surface area contributed by atoms with E-state index in [1.807, 2.05) is 0 Å². The maximum absolute atomic E-state index is 2.57. The molecule has 0 unspecified atom stereocenters. The van der Waals surface area contributed by atoms with E-state index < -0.39 is 7.92 Å². The van der Waals surface area contributed by atoms with Crippen molar-refractivity contribution in [1.29, 1.82) is 0 Å². The third-order valence-electron chi connectivity index (χ3n) is 8.53. The summed E-state index contributed by atoms with van der Waals surface area (Å²) in [5.41, 5.74) is 9.83. The summed E-state index contributed by atoms with van der Waals surface area (Å²) >= 11 is 0. The van der Waals surface area contributed by atoms with Crippen molar-refractivity contribution in [3.8, 4) is 0 Å². The third kappa shape index (κ3) is 6.97. The minimum atomic E-state index is -0.708. The van der Waals surface area contributed by atoms with Crippen LogP contribution >= 0.6 is 7.92 Å². The van der Waals surface area contributed by atoms with E-state index in [4.69, 9.17) is 0 Å². The molecule has 4 aromatic carbocycles. The van der Waals surface area contributed by atoms with Crippen LogP contribution in [0.4, 0.5) is 0 Å². The molecule has 0 atom stereocenters. The number of hydrogen-bond donors (Lipinski definition) is 0. The fourth-order valence-corrected chi connectivity index (χ4v) is 9.80. The van der Waals surface area contributed by atoms with Gasteiger partial charge in [-0.25, -0.2) is 0 Å². The van der Waals surface area contributed by atoms with Gasteiger partial charge in [0, 0.05) is 0 Å². The fraction of sp³-hybridized carbons (Fsp3) is 0.450. The average molecular weight is 565 g/mol. The van der Waals surface area contributed by atoms with Crippen molar-refractivity contribution in [3.63, 3.8) is 0 Å². The second-order valence-electron chi connectivity index (χ2n) is 11.7. The molecule has 0 nitrogen and oxygen atoms in total. The molecule has 0 bridgehead atoms. The standard InChI is InChI=1S/C40H53P/c1-7-16-30-26-28-39(36(20-11-5)33(30)18-9-3)41(38-25-15-23-32-22-13-14-24-35(32)38)40-29-27-31(17-8-2)34(19-10-4)37(40)21-12-6/h13-15,22-29H,7-12,16-21H2,1-6H3. The van der Waals surface area contributed by atoms with Gasteiger partial charge in [-0.15, -0.1) is 0 Å². The molecule has 0 heterocycles. The Kier molecular flexibility index (Phi) is 12.1. The van der Waals surface area contributed by atoms with Crippen LogP contribution in [0.2, 0.25) is 0 Å². The Morgan fingerprint density at radius 3 is 1.32 bits per heavy atom. The molecule has 41 heavy (non-hydrogen) atoms.